The first-order valence-corrected chi connectivity index (χ1v) is 5.37. The minimum atomic E-state index is 0.574. The summed E-state index contributed by atoms with van der Waals surface area (Å²) in [6.45, 7) is 5.41. The molecule has 0 saturated carbocycles. The number of nitrogen functional groups attached to an aromatic ring is 1. The molecule has 0 radical (unpaired) electrons. The summed E-state index contributed by atoms with van der Waals surface area (Å²) in [5.41, 5.74) is 5.59. The fourth-order valence-electron chi connectivity index (χ4n) is 1.19. The van der Waals surface area contributed by atoms with Gasteiger partial charge in [-0.3, -0.25) is 4.68 Å². The number of aryl methyl sites for hydroxylation is 1. The maximum Gasteiger partial charge on any atom is 0.159 e. The average molecular weight is 246 g/mol. The highest BCUT2D eigenvalue weighted by Gasteiger charge is 2.01. The van der Waals surface area contributed by atoms with E-state index in [0.29, 0.717) is 5.82 Å². The maximum atomic E-state index is 5.59. The smallest absolute Gasteiger partial charge is 0.159 e. The second-order valence-electron chi connectivity index (χ2n) is 3.66. The third kappa shape index (κ3) is 3.38. The van der Waals surface area contributed by atoms with Crippen LogP contribution in [0.25, 0.3) is 0 Å². The van der Waals surface area contributed by atoms with E-state index in [9.17, 15) is 0 Å². The maximum absolute atomic E-state index is 5.59. The third-order valence-electron chi connectivity index (χ3n) is 1.91. The molecule has 0 saturated heterocycles. The van der Waals surface area contributed by atoms with Crippen molar-refractivity contribution in [2.75, 3.05) is 5.73 Å². The van der Waals surface area contributed by atoms with E-state index in [1.54, 1.807) is 0 Å². The van der Waals surface area contributed by atoms with Crippen LogP contribution in [0.3, 0.4) is 0 Å². The molecule has 0 aliphatic rings. The molecule has 74 valence electrons. The highest BCUT2D eigenvalue weighted by Crippen LogP contribution is 2.16. The van der Waals surface area contributed by atoms with Crippen molar-refractivity contribution in [3.8, 4) is 0 Å². The lowest BCUT2D eigenvalue weighted by atomic mass is 10.1. The van der Waals surface area contributed by atoms with E-state index in [1.807, 2.05) is 10.9 Å². The molecule has 1 aromatic rings. The van der Waals surface area contributed by atoms with Crippen LogP contribution < -0.4 is 5.73 Å². The van der Waals surface area contributed by atoms with E-state index in [0.717, 1.165) is 23.4 Å². The first-order chi connectivity index (χ1) is 6.09. The van der Waals surface area contributed by atoms with Gasteiger partial charge in [0.15, 0.2) is 5.82 Å². The van der Waals surface area contributed by atoms with Gasteiger partial charge in [0, 0.05) is 12.7 Å². The van der Waals surface area contributed by atoms with Crippen LogP contribution >= 0.6 is 15.9 Å². The van der Waals surface area contributed by atoms with Crippen LogP contribution in [0.4, 0.5) is 5.82 Å². The Morgan fingerprint density at radius 2 is 2.31 bits per heavy atom. The van der Waals surface area contributed by atoms with Gasteiger partial charge in [-0.1, -0.05) is 13.8 Å². The Labute approximate surface area is 87.4 Å². The number of nitrogens with zero attached hydrogens (tertiary/aromatic N) is 2. The Morgan fingerprint density at radius 1 is 1.62 bits per heavy atom. The molecule has 0 bridgehead atoms. The molecule has 0 unspecified atom stereocenters. The SMILES string of the molecule is CC(C)CCCn1cc(Br)c(N)n1. The van der Waals surface area contributed by atoms with Crippen molar-refractivity contribution in [1.29, 1.82) is 0 Å². The molecule has 0 aromatic carbocycles. The summed E-state index contributed by atoms with van der Waals surface area (Å²) in [5, 5.41) is 4.15. The van der Waals surface area contributed by atoms with Gasteiger partial charge in [-0.15, -0.1) is 0 Å². The normalized spacial score (nSPS) is 11.1. The van der Waals surface area contributed by atoms with E-state index < -0.39 is 0 Å². The van der Waals surface area contributed by atoms with Crippen LogP contribution in [-0.2, 0) is 6.54 Å². The summed E-state index contributed by atoms with van der Waals surface area (Å²) in [5.74, 6) is 1.33. The second kappa shape index (κ2) is 4.65. The van der Waals surface area contributed by atoms with E-state index in [2.05, 4.69) is 34.9 Å². The number of anilines is 1. The Balaban J connectivity index is 2.37. The summed E-state index contributed by atoms with van der Waals surface area (Å²) in [6, 6.07) is 0. The molecule has 0 fully saturated rings. The fraction of sp³-hybridized carbons (Fsp3) is 0.667. The van der Waals surface area contributed by atoms with Crippen LogP contribution in [0.15, 0.2) is 10.7 Å². The summed E-state index contributed by atoms with van der Waals surface area (Å²) in [4.78, 5) is 0. The molecule has 1 aromatic heterocycles. The zero-order valence-corrected chi connectivity index (χ0v) is 9.71. The molecule has 1 heterocycles. The van der Waals surface area contributed by atoms with E-state index in [4.69, 9.17) is 5.73 Å². The molecule has 2 N–H and O–H groups in total. The number of rotatable bonds is 4. The van der Waals surface area contributed by atoms with Crippen molar-refractivity contribution in [2.24, 2.45) is 5.92 Å². The molecule has 4 heteroatoms. The lowest BCUT2D eigenvalue weighted by molar-refractivity contribution is 0.490. The molecule has 0 aliphatic heterocycles. The lowest BCUT2D eigenvalue weighted by Gasteiger charge is -2.03. The van der Waals surface area contributed by atoms with Crippen molar-refractivity contribution in [2.45, 2.75) is 33.2 Å². The number of aromatic nitrogens is 2. The first-order valence-electron chi connectivity index (χ1n) is 4.58. The number of halogens is 1. The molecule has 1 rings (SSSR count). The van der Waals surface area contributed by atoms with Crippen LogP contribution in [0.2, 0.25) is 0 Å². The van der Waals surface area contributed by atoms with Crippen LogP contribution in [0.1, 0.15) is 26.7 Å². The van der Waals surface area contributed by atoms with Crippen molar-refractivity contribution < 1.29 is 0 Å². The number of nitrogens with two attached hydrogens (primary N) is 1. The topological polar surface area (TPSA) is 43.8 Å². The van der Waals surface area contributed by atoms with E-state index >= 15 is 0 Å². The van der Waals surface area contributed by atoms with Gasteiger partial charge in [-0.05, 0) is 34.7 Å². The molecule has 13 heavy (non-hydrogen) atoms. The molecule has 0 amide bonds. The van der Waals surface area contributed by atoms with E-state index in [-0.39, 0.29) is 0 Å². The summed E-state index contributed by atoms with van der Waals surface area (Å²) >= 11 is 3.33. The quantitative estimate of drug-likeness (QED) is 0.887. The predicted octanol–water partition coefficient (Wildman–Crippen LogP) is 2.66. The van der Waals surface area contributed by atoms with Gasteiger partial charge in [0.1, 0.15) is 0 Å². The van der Waals surface area contributed by atoms with Crippen molar-refractivity contribution in [1.82, 2.24) is 9.78 Å². The number of hydrogen-bond donors (Lipinski definition) is 1. The van der Waals surface area contributed by atoms with Crippen LogP contribution in [-0.4, -0.2) is 9.78 Å². The average Bonchev–Trinajstić information content (AvgIpc) is 2.30. The van der Waals surface area contributed by atoms with Gasteiger partial charge in [0.2, 0.25) is 0 Å². The molecular weight excluding hydrogens is 230 g/mol. The molecule has 0 spiro atoms. The monoisotopic (exact) mass is 245 g/mol. The standard InChI is InChI=1S/C9H16BrN3/c1-7(2)4-3-5-13-6-8(10)9(11)12-13/h6-7H,3-5H2,1-2H3,(H2,11,12). The second-order valence-corrected chi connectivity index (χ2v) is 4.52. The molecule has 3 nitrogen and oxygen atoms in total. The van der Waals surface area contributed by atoms with Gasteiger partial charge < -0.3 is 5.73 Å². The number of hydrogen-bond acceptors (Lipinski definition) is 2. The fourth-order valence-corrected chi connectivity index (χ4v) is 1.50. The predicted molar refractivity (Wildman–Crippen MR) is 58.4 cm³/mol. The van der Waals surface area contributed by atoms with Crippen molar-refractivity contribution in [3.63, 3.8) is 0 Å². The largest absolute Gasteiger partial charge is 0.381 e. The van der Waals surface area contributed by atoms with Crippen LogP contribution in [0.5, 0.6) is 0 Å². The Kier molecular flexibility index (Phi) is 3.78. The molecule has 0 aliphatic carbocycles. The van der Waals surface area contributed by atoms with Crippen molar-refractivity contribution in [3.05, 3.63) is 10.7 Å². The third-order valence-corrected chi connectivity index (χ3v) is 2.52. The zero-order valence-electron chi connectivity index (χ0n) is 8.13. The molecule has 0 atom stereocenters. The van der Waals surface area contributed by atoms with Gasteiger partial charge in [-0.25, -0.2) is 0 Å². The van der Waals surface area contributed by atoms with Gasteiger partial charge in [0.05, 0.1) is 4.47 Å². The zero-order chi connectivity index (χ0) is 9.84. The summed E-state index contributed by atoms with van der Waals surface area (Å²) in [7, 11) is 0. The van der Waals surface area contributed by atoms with E-state index in [1.165, 1.54) is 6.42 Å². The Hall–Kier alpha value is -0.510. The highest BCUT2D eigenvalue weighted by atomic mass is 79.9. The summed E-state index contributed by atoms with van der Waals surface area (Å²) in [6.07, 6.45) is 4.32. The lowest BCUT2D eigenvalue weighted by Crippen LogP contribution is -2.01. The Bertz CT molecular complexity index is 248. The Morgan fingerprint density at radius 3 is 2.77 bits per heavy atom. The molecular formula is C9H16BrN3. The first kappa shape index (κ1) is 10.6. The van der Waals surface area contributed by atoms with Gasteiger partial charge >= 0.3 is 0 Å². The van der Waals surface area contributed by atoms with Gasteiger partial charge in [0.25, 0.3) is 0 Å². The van der Waals surface area contributed by atoms with Gasteiger partial charge in [-0.2, -0.15) is 5.10 Å². The summed E-state index contributed by atoms with van der Waals surface area (Å²) < 4.78 is 2.78. The highest BCUT2D eigenvalue weighted by molar-refractivity contribution is 9.10. The van der Waals surface area contributed by atoms with Crippen LogP contribution in [0, 0.1) is 5.92 Å². The minimum Gasteiger partial charge on any atom is -0.381 e. The van der Waals surface area contributed by atoms with Crippen molar-refractivity contribution >= 4 is 21.7 Å². The minimum absolute atomic E-state index is 0.574.